The molecule has 1 spiro atoms. The van der Waals surface area contributed by atoms with Crippen LogP contribution in [0.2, 0.25) is 0 Å². The average molecular weight is 153 g/mol. The summed E-state index contributed by atoms with van der Waals surface area (Å²) in [5.74, 6) is 0. The van der Waals surface area contributed by atoms with E-state index in [4.69, 9.17) is 0 Å². The molecule has 0 unspecified atom stereocenters. The Bertz CT molecular complexity index is 144. The van der Waals surface area contributed by atoms with Crippen LogP contribution < -0.4 is 5.32 Å². The number of hydrogen-bond acceptors (Lipinski definition) is 1. The highest BCUT2D eigenvalue weighted by molar-refractivity contribution is 5.01. The van der Waals surface area contributed by atoms with Gasteiger partial charge in [-0.25, -0.2) is 0 Å². The molecule has 11 heavy (non-hydrogen) atoms. The summed E-state index contributed by atoms with van der Waals surface area (Å²) in [6, 6.07) is 0. The maximum absolute atomic E-state index is 3.52. The molecule has 1 aliphatic heterocycles. The second-order valence-electron chi connectivity index (χ2n) is 5.30. The number of rotatable bonds is 0. The van der Waals surface area contributed by atoms with E-state index < -0.39 is 0 Å². The molecule has 2 aliphatic rings. The van der Waals surface area contributed by atoms with Crippen molar-refractivity contribution >= 4 is 0 Å². The van der Waals surface area contributed by atoms with Crippen molar-refractivity contribution in [1.82, 2.24) is 5.32 Å². The van der Waals surface area contributed by atoms with Crippen LogP contribution in [0.15, 0.2) is 0 Å². The van der Waals surface area contributed by atoms with Crippen molar-refractivity contribution in [2.24, 2.45) is 10.8 Å². The molecule has 1 saturated heterocycles. The second kappa shape index (κ2) is 2.22. The van der Waals surface area contributed by atoms with E-state index in [1.54, 1.807) is 0 Å². The Labute approximate surface area is 69.6 Å². The van der Waals surface area contributed by atoms with Gasteiger partial charge in [-0.2, -0.15) is 0 Å². The number of hydrogen-bond donors (Lipinski definition) is 1. The summed E-state index contributed by atoms with van der Waals surface area (Å²) >= 11 is 0. The van der Waals surface area contributed by atoms with Crippen LogP contribution in [0.25, 0.3) is 0 Å². The summed E-state index contributed by atoms with van der Waals surface area (Å²) in [4.78, 5) is 0. The molecule has 0 atom stereocenters. The quantitative estimate of drug-likeness (QED) is 0.562. The van der Waals surface area contributed by atoms with Crippen LogP contribution in [0, 0.1) is 10.8 Å². The van der Waals surface area contributed by atoms with Gasteiger partial charge < -0.3 is 5.32 Å². The Hall–Kier alpha value is -0.0400. The molecule has 1 aliphatic carbocycles. The third kappa shape index (κ3) is 1.31. The highest BCUT2D eigenvalue weighted by Crippen LogP contribution is 2.56. The Morgan fingerprint density at radius 1 is 1.18 bits per heavy atom. The predicted octanol–water partition coefficient (Wildman–Crippen LogP) is 2.18. The summed E-state index contributed by atoms with van der Waals surface area (Å²) in [5, 5.41) is 3.52. The lowest BCUT2D eigenvalue weighted by atomic mass is 9.52. The van der Waals surface area contributed by atoms with Crippen molar-refractivity contribution in [2.45, 2.75) is 39.5 Å². The lowest BCUT2D eigenvalue weighted by Gasteiger charge is -2.55. The second-order valence-corrected chi connectivity index (χ2v) is 5.30. The molecule has 0 bridgehead atoms. The van der Waals surface area contributed by atoms with Gasteiger partial charge >= 0.3 is 0 Å². The average Bonchev–Trinajstić information content (AvgIpc) is 1.85. The van der Waals surface area contributed by atoms with Crippen LogP contribution in [0.5, 0.6) is 0 Å². The van der Waals surface area contributed by atoms with Crippen LogP contribution in [-0.2, 0) is 0 Å². The Kier molecular flexibility index (Phi) is 1.54. The molecular formula is C10H19N. The van der Waals surface area contributed by atoms with Gasteiger partial charge in [-0.05, 0) is 43.1 Å². The van der Waals surface area contributed by atoms with E-state index >= 15 is 0 Å². The monoisotopic (exact) mass is 153 g/mol. The molecule has 0 radical (unpaired) electrons. The Morgan fingerprint density at radius 3 is 2.36 bits per heavy atom. The summed E-state index contributed by atoms with van der Waals surface area (Å²) in [5.41, 5.74) is 1.38. The van der Waals surface area contributed by atoms with Crippen molar-refractivity contribution in [3.05, 3.63) is 0 Å². The van der Waals surface area contributed by atoms with Crippen molar-refractivity contribution < 1.29 is 0 Å². The Morgan fingerprint density at radius 2 is 1.91 bits per heavy atom. The van der Waals surface area contributed by atoms with Gasteiger partial charge in [0.25, 0.3) is 0 Å². The zero-order valence-electron chi connectivity index (χ0n) is 7.74. The van der Waals surface area contributed by atoms with Gasteiger partial charge in [0.1, 0.15) is 0 Å². The molecule has 1 saturated carbocycles. The fourth-order valence-electron chi connectivity index (χ4n) is 3.31. The fourth-order valence-corrected chi connectivity index (χ4v) is 3.31. The van der Waals surface area contributed by atoms with Gasteiger partial charge in [0.15, 0.2) is 0 Å². The smallest absolute Gasteiger partial charge is 0.000822 e. The molecule has 1 N–H and O–H groups in total. The minimum Gasteiger partial charge on any atom is -0.316 e. The molecule has 0 amide bonds. The summed E-state index contributed by atoms with van der Waals surface area (Å²) < 4.78 is 0. The molecule has 1 heteroatoms. The molecule has 0 aromatic carbocycles. The van der Waals surface area contributed by atoms with E-state index in [1.807, 2.05) is 0 Å². The fraction of sp³-hybridized carbons (Fsp3) is 1.00. The van der Waals surface area contributed by atoms with E-state index in [0.29, 0.717) is 5.41 Å². The Balaban J connectivity index is 1.94. The number of nitrogens with one attached hydrogen (secondary N) is 1. The minimum atomic E-state index is 0.652. The van der Waals surface area contributed by atoms with E-state index in [9.17, 15) is 0 Å². The SMILES string of the molecule is CC1(C)CC2(CCCNC2)C1. The molecule has 2 fully saturated rings. The van der Waals surface area contributed by atoms with Gasteiger partial charge in [-0.1, -0.05) is 13.8 Å². The standard InChI is InChI=1S/C10H19N/c1-9(2)6-10(7-9)4-3-5-11-8-10/h11H,3-8H2,1-2H3. The van der Waals surface area contributed by atoms with Gasteiger partial charge in [-0.15, -0.1) is 0 Å². The first-order valence-electron chi connectivity index (χ1n) is 4.83. The first kappa shape index (κ1) is 7.60. The third-order valence-corrected chi connectivity index (χ3v) is 3.27. The first-order valence-corrected chi connectivity index (χ1v) is 4.83. The molecule has 1 heterocycles. The van der Waals surface area contributed by atoms with Crippen LogP contribution in [0.4, 0.5) is 0 Å². The highest BCUT2D eigenvalue weighted by Gasteiger charge is 2.48. The highest BCUT2D eigenvalue weighted by atomic mass is 14.9. The van der Waals surface area contributed by atoms with Crippen LogP contribution in [0.3, 0.4) is 0 Å². The molecule has 1 nitrogen and oxygen atoms in total. The predicted molar refractivity (Wildman–Crippen MR) is 47.6 cm³/mol. The molecular weight excluding hydrogens is 134 g/mol. The van der Waals surface area contributed by atoms with Gasteiger partial charge in [0.2, 0.25) is 0 Å². The van der Waals surface area contributed by atoms with Crippen molar-refractivity contribution in [2.75, 3.05) is 13.1 Å². The third-order valence-electron chi connectivity index (χ3n) is 3.27. The maximum atomic E-state index is 3.52. The van der Waals surface area contributed by atoms with E-state index in [2.05, 4.69) is 19.2 Å². The van der Waals surface area contributed by atoms with Crippen LogP contribution in [-0.4, -0.2) is 13.1 Å². The zero-order valence-corrected chi connectivity index (χ0v) is 7.74. The first-order chi connectivity index (χ1) is 5.12. The molecule has 0 aromatic rings. The summed E-state index contributed by atoms with van der Waals surface area (Å²) in [6.07, 6.45) is 5.78. The minimum absolute atomic E-state index is 0.652. The van der Waals surface area contributed by atoms with Crippen LogP contribution >= 0.6 is 0 Å². The summed E-state index contributed by atoms with van der Waals surface area (Å²) in [7, 11) is 0. The molecule has 64 valence electrons. The largest absolute Gasteiger partial charge is 0.316 e. The van der Waals surface area contributed by atoms with Crippen LogP contribution in [0.1, 0.15) is 39.5 Å². The lowest BCUT2D eigenvalue weighted by molar-refractivity contribution is -0.0309. The number of piperidine rings is 1. The van der Waals surface area contributed by atoms with E-state index in [0.717, 1.165) is 5.41 Å². The van der Waals surface area contributed by atoms with Gasteiger partial charge in [0, 0.05) is 6.54 Å². The normalized spacial score (nSPS) is 33.3. The zero-order chi connectivity index (χ0) is 7.95. The lowest BCUT2D eigenvalue weighted by Crippen LogP contribution is -2.51. The van der Waals surface area contributed by atoms with E-state index in [1.165, 1.54) is 38.8 Å². The maximum Gasteiger partial charge on any atom is 0.000822 e. The molecule has 0 aromatic heterocycles. The van der Waals surface area contributed by atoms with Crippen molar-refractivity contribution in [1.29, 1.82) is 0 Å². The van der Waals surface area contributed by atoms with Gasteiger partial charge in [0.05, 0.1) is 0 Å². The van der Waals surface area contributed by atoms with Gasteiger partial charge in [-0.3, -0.25) is 0 Å². The van der Waals surface area contributed by atoms with Crippen molar-refractivity contribution in [3.8, 4) is 0 Å². The molecule has 2 rings (SSSR count). The van der Waals surface area contributed by atoms with E-state index in [-0.39, 0.29) is 0 Å². The topological polar surface area (TPSA) is 12.0 Å². The summed E-state index contributed by atoms with van der Waals surface area (Å²) in [6.45, 7) is 7.33. The van der Waals surface area contributed by atoms with Crippen molar-refractivity contribution in [3.63, 3.8) is 0 Å².